The molecule has 3 aliphatic rings. The molecule has 1 saturated heterocycles. The van der Waals surface area contributed by atoms with Gasteiger partial charge in [-0.15, -0.1) is 0 Å². The van der Waals surface area contributed by atoms with Crippen LogP contribution in [0.5, 0.6) is 0 Å². The van der Waals surface area contributed by atoms with E-state index in [1.807, 2.05) is 0 Å². The van der Waals surface area contributed by atoms with Gasteiger partial charge in [0, 0.05) is 30.8 Å². The first-order valence-electron chi connectivity index (χ1n) is 8.56. The molecule has 0 unspecified atom stereocenters. The fourth-order valence-corrected chi connectivity index (χ4v) is 4.59. The molecule has 124 valence electrons. The molecule has 2 bridgehead atoms. The molecule has 0 aromatic rings. The molecular formula is C16H26N2O4. The molecule has 6 nitrogen and oxygen atoms in total. The van der Waals surface area contributed by atoms with E-state index in [1.165, 1.54) is 4.90 Å². The molecule has 0 radical (unpaired) electrons. The van der Waals surface area contributed by atoms with Gasteiger partial charge in [0.2, 0.25) is 5.91 Å². The molecule has 1 amide bonds. The number of carbonyl (C=O) groups excluding carboxylic acids is 2. The van der Waals surface area contributed by atoms with Crippen molar-refractivity contribution in [3.63, 3.8) is 0 Å². The number of carbonyl (C=O) groups is 2. The molecule has 1 heterocycles. The van der Waals surface area contributed by atoms with Crippen LogP contribution in [0.1, 0.15) is 25.7 Å². The van der Waals surface area contributed by atoms with Crippen molar-refractivity contribution in [2.24, 2.45) is 23.7 Å². The molecule has 1 aliphatic heterocycles. The van der Waals surface area contributed by atoms with Gasteiger partial charge in [-0.25, -0.2) is 0 Å². The van der Waals surface area contributed by atoms with Crippen LogP contribution in [0.3, 0.4) is 0 Å². The summed E-state index contributed by atoms with van der Waals surface area (Å²) in [4.78, 5) is 25.2. The lowest BCUT2D eigenvalue weighted by Gasteiger charge is -2.30. The Labute approximate surface area is 131 Å². The van der Waals surface area contributed by atoms with Crippen molar-refractivity contribution >= 4 is 11.9 Å². The summed E-state index contributed by atoms with van der Waals surface area (Å²) in [5.41, 5.74) is 0. The first kappa shape index (κ1) is 15.7. The average molecular weight is 310 g/mol. The average Bonchev–Trinajstić information content (AvgIpc) is 3.13. The number of aliphatic carboxylic acids is 1. The van der Waals surface area contributed by atoms with Gasteiger partial charge in [-0.2, -0.15) is 0 Å². The molecule has 4 atom stereocenters. The summed E-state index contributed by atoms with van der Waals surface area (Å²) < 4.78 is 5.32. The van der Waals surface area contributed by atoms with Gasteiger partial charge in [0.15, 0.2) is 0 Å². The molecular weight excluding hydrogens is 284 g/mol. The first-order valence-corrected chi connectivity index (χ1v) is 8.56. The van der Waals surface area contributed by atoms with Crippen molar-refractivity contribution in [1.29, 1.82) is 0 Å². The van der Waals surface area contributed by atoms with Crippen LogP contribution in [0.25, 0.3) is 0 Å². The number of carboxylic acids is 1. The lowest BCUT2D eigenvalue weighted by Crippen LogP contribution is -3.14. The van der Waals surface area contributed by atoms with Crippen LogP contribution in [-0.2, 0) is 14.3 Å². The van der Waals surface area contributed by atoms with Crippen molar-refractivity contribution in [2.75, 3.05) is 39.4 Å². The quantitative estimate of drug-likeness (QED) is 0.547. The van der Waals surface area contributed by atoms with E-state index in [1.54, 1.807) is 0 Å². The van der Waals surface area contributed by atoms with E-state index >= 15 is 0 Å². The first-order chi connectivity index (χ1) is 10.7. The number of ether oxygens (including phenoxy) is 1. The Bertz CT molecular complexity index is 422. The fraction of sp³-hybridized carbons (Fsp3) is 0.875. The summed E-state index contributed by atoms with van der Waals surface area (Å²) in [5, 5.41) is 14.3. The number of amides is 1. The second-order valence-corrected chi connectivity index (χ2v) is 6.96. The molecule has 3 rings (SSSR count). The predicted molar refractivity (Wildman–Crippen MR) is 76.8 cm³/mol. The minimum Gasteiger partial charge on any atom is -0.550 e. The van der Waals surface area contributed by atoms with Gasteiger partial charge >= 0.3 is 0 Å². The van der Waals surface area contributed by atoms with E-state index in [9.17, 15) is 14.7 Å². The van der Waals surface area contributed by atoms with E-state index in [0.717, 1.165) is 58.5 Å². The molecule has 0 aromatic carbocycles. The summed E-state index contributed by atoms with van der Waals surface area (Å²) in [6.45, 7) is 5.38. The summed E-state index contributed by atoms with van der Waals surface area (Å²) >= 11 is 0. The highest BCUT2D eigenvalue weighted by Gasteiger charge is 2.51. The van der Waals surface area contributed by atoms with E-state index < -0.39 is 11.9 Å². The number of hydrogen-bond acceptors (Lipinski definition) is 4. The topological polar surface area (TPSA) is 82.9 Å². The van der Waals surface area contributed by atoms with Crippen LogP contribution >= 0.6 is 0 Å². The van der Waals surface area contributed by atoms with E-state index in [2.05, 4.69) is 5.32 Å². The van der Waals surface area contributed by atoms with Crippen molar-refractivity contribution in [3.05, 3.63) is 0 Å². The molecule has 3 fully saturated rings. The molecule has 0 spiro atoms. The second kappa shape index (κ2) is 6.96. The Balaban J connectivity index is 1.42. The van der Waals surface area contributed by atoms with Gasteiger partial charge < -0.3 is 24.9 Å². The highest BCUT2D eigenvalue weighted by atomic mass is 16.5. The Morgan fingerprint density at radius 1 is 1.14 bits per heavy atom. The molecule has 22 heavy (non-hydrogen) atoms. The number of fused-ring (bicyclic) bond motifs is 2. The lowest BCUT2D eigenvalue weighted by molar-refractivity contribution is -0.908. The summed E-state index contributed by atoms with van der Waals surface area (Å²) in [7, 11) is 0. The largest absolute Gasteiger partial charge is 0.550 e. The molecule has 2 saturated carbocycles. The third-order valence-electron chi connectivity index (χ3n) is 5.70. The van der Waals surface area contributed by atoms with Crippen molar-refractivity contribution in [3.8, 4) is 0 Å². The van der Waals surface area contributed by atoms with Crippen LogP contribution in [-0.4, -0.2) is 51.3 Å². The molecule has 6 heteroatoms. The van der Waals surface area contributed by atoms with E-state index in [-0.39, 0.29) is 23.7 Å². The van der Waals surface area contributed by atoms with Gasteiger partial charge in [0.05, 0.1) is 19.8 Å². The summed E-state index contributed by atoms with van der Waals surface area (Å²) in [6, 6.07) is 0. The van der Waals surface area contributed by atoms with Gasteiger partial charge in [-0.1, -0.05) is 0 Å². The smallest absolute Gasteiger partial charge is 0.224 e. The van der Waals surface area contributed by atoms with Gasteiger partial charge in [0.1, 0.15) is 13.1 Å². The predicted octanol–water partition coefficient (Wildman–Crippen LogP) is -2.18. The Morgan fingerprint density at radius 3 is 2.50 bits per heavy atom. The minimum absolute atomic E-state index is 0.0709. The Morgan fingerprint density at radius 2 is 1.82 bits per heavy atom. The van der Waals surface area contributed by atoms with Crippen LogP contribution in [0.15, 0.2) is 0 Å². The SMILES string of the molecule is O=C([O-])[C@@H]1[C@@H]2CC[C@H](C2)[C@@H]1C(=O)NCCC[NH+]1CCOCC1. The van der Waals surface area contributed by atoms with Gasteiger partial charge in [0.25, 0.3) is 0 Å². The maximum atomic E-state index is 12.4. The zero-order valence-electron chi connectivity index (χ0n) is 13.0. The number of rotatable bonds is 6. The highest BCUT2D eigenvalue weighted by Crippen LogP contribution is 2.52. The number of nitrogens with one attached hydrogen (secondary N) is 2. The maximum absolute atomic E-state index is 12.4. The minimum atomic E-state index is -1.04. The second-order valence-electron chi connectivity index (χ2n) is 6.96. The number of carboxylic acid groups (broad SMARTS) is 1. The van der Waals surface area contributed by atoms with E-state index in [4.69, 9.17) is 4.74 Å². The van der Waals surface area contributed by atoms with Gasteiger partial charge in [-0.05, 0) is 31.1 Å². The standard InChI is InChI=1S/C16H26N2O4/c19-15(17-4-1-5-18-6-8-22-9-7-18)13-11-2-3-12(10-11)14(13)16(20)21/h11-14H,1-10H2,(H,17,19)(H,20,21)/t11-,12-,13+,14-/m1/s1. The van der Waals surface area contributed by atoms with Crippen molar-refractivity contribution < 1.29 is 24.3 Å². The zero-order valence-corrected chi connectivity index (χ0v) is 13.0. The van der Waals surface area contributed by atoms with Crippen molar-refractivity contribution in [2.45, 2.75) is 25.7 Å². The number of hydrogen-bond donors (Lipinski definition) is 2. The van der Waals surface area contributed by atoms with Crippen LogP contribution in [0.4, 0.5) is 0 Å². The molecule has 2 N–H and O–H groups in total. The molecule has 2 aliphatic carbocycles. The Kier molecular flexibility index (Phi) is 4.98. The fourth-order valence-electron chi connectivity index (χ4n) is 4.59. The summed E-state index contributed by atoms with van der Waals surface area (Å²) in [5.74, 6) is -1.63. The molecule has 0 aromatic heterocycles. The van der Waals surface area contributed by atoms with Crippen LogP contribution in [0, 0.1) is 23.7 Å². The monoisotopic (exact) mass is 310 g/mol. The third kappa shape index (κ3) is 3.27. The number of quaternary nitrogens is 1. The third-order valence-corrected chi connectivity index (χ3v) is 5.70. The Hall–Kier alpha value is -1.14. The maximum Gasteiger partial charge on any atom is 0.224 e. The normalized spacial score (nSPS) is 34.7. The van der Waals surface area contributed by atoms with Crippen LogP contribution < -0.4 is 15.3 Å². The zero-order chi connectivity index (χ0) is 15.5. The lowest BCUT2D eigenvalue weighted by atomic mass is 9.78. The van der Waals surface area contributed by atoms with Crippen LogP contribution in [0.2, 0.25) is 0 Å². The summed E-state index contributed by atoms with van der Waals surface area (Å²) in [6.07, 6.45) is 3.74. The number of morpholine rings is 1. The highest BCUT2D eigenvalue weighted by molar-refractivity contribution is 5.85. The van der Waals surface area contributed by atoms with Crippen molar-refractivity contribution in [1.82, 2.24) is 5.32 Å². The van der Waals surface area contributed by atoms with E-state index in [0.29, 0.717) is 6.54 Å². The van der Waals surface area contributed by atoms with Gasteiger partial charge in [-0.3, -0.25) is 4.79 Å².